The number of sulfonamides is 1. The highest BCUT2D eigenvalue weighted by Gasteiger charge is 2.20. The van der Waals surface area contributed by atoms with E-state index in [2.05, 4.69) is 5.32 Å². The largest absolute Gasteiger partial charge is 0.352 e. The zero-order valence-corrected chi connectivity index (χ0v) is 20.5. The van der Waals surface area contributed by atoms with Gasteiger partial charge in [0.25, 0.3) is 0 Å². The van der Waals surface area contributed by atoms with Gasteiger partial charge in [0.15, 0.2) is 0 Å². The fourth-order valence-corrected chi connectivity index (χ4v) is 5.06. The van der Waals surface area contributed by atoms with Crippen LogP contribution in [0.4, 0.5) is 5.69 Å². The van der Waals surface area contributed by atoms with E-state index in [-0.39, 0.29) is 24.8 Å². The van der Waals surface area contributed by atoms with Gasteiger partial charge in [-0.1, -0.05) is 30.3 Å². The molecule has 2 aromatic rings. The Kier molecular flexibility index (Phi) is 8.13. The fraction of sp³-hybridized carbons (Fsp3) is 0.440. The van der Waals surface area contributed by atoms with Crippen LogP contribution in [0.5, 0.6) is 0 Å². The van der Waals surface area contributed by atoms with Crippen molar-refractivity contribution in [3.05, 3.63) is 64.7 Å². The Morgan fingerprint density at radius 1 is 1.06 bits per heavy atom. The molecule has 1 fully saturated rings. The predicted molar refractivity (Wildman–Crippen MR) is 130 cm³/mol. The van der Waals surface area contributed by atoms with E-state index < -0.39 is 10.0 Å². The maximum atomic E-state index is 12.3. The number of hydrogen-bond acceptors (Lipinski definition) is 4. The third-order valence-electron chi connectivity index (χ3n) is 5.72. The highest BCUT2D eigenvalue weighted by molar-refractivity contribution is 7.92. The van der Waals surface area contributed by atoms with E-state index in [4.69, 9.17) is 0 Å². The Bertz CT molecular complexity index is 1080. The third kappa shape index (κ3) is 7.32. The molecule has 3 rings (SSSR count). The van der Waals surface area contributed by atoms with Crippen LogP contribution in [0, 0.1) is 13.8 Å². The van der Waals surface area contributed by atoms with Crippen molar-refractivity contribution in [1.82, 2.24) is 10.2 Å². The number of nitrogens with zero attached hydrogens (tertiary/aromatic N) is 2. The van der Waals surface area contributed by atoms with E-state index in [9.17, 15) is 18.0 Å². The molecule has 178 valence electrons. The van der Waals surface area contributed by atoms with Crippen molar-refractivity contribution in [2.24, 2.45) is 0 Å². The van der Waals surface area contributed by atoms with Gasteiger partial charge in [-0.25, -0.2) is 8.42 Å². The molecule has 0 saturated carbocycles. The molecule has 1 heterocycles. The summed E-state index contributed by atoms with van der Waals surface area (Å²) in [5.41, 5.74) is 4.68. The molecular weight excluding hydrogens is 438 g/mol. The molecule has 0 bridgehead atoms. The second-order valence-corrected chi connectivity index (χ2v) is 10.7. The number of carbonyl (C=O) groups is 2. The van der Waals surface area contributed by atoms with Crippen LogP contribution in [-0.2, 0) is 32.7 Å². The molecule has 8 heteroatoms. The summed E-state index contributed by atoms with van der Waals surface area (Å²) in [4.78, 5) is 25.9. The summed E-state index contributed by atoms with van der Waals surface area (Å²) in [7, 11) is -3.44. The molecule has 2 amide bonds. The van der Waals surface area contributed by atoms with Gasteiger partial charge in [0.2, 0.25) is 21.8 Å². The average molecular weight is 472 g/mol. The van der Waals surface area contributed by atoms with Crippen LogP contribution in [0.3, 0.4) is 0 Å². The minimum atomic E-state index is -3.44. The first-order valence-corrected chi connectivity index (χ1v) is 13.1. The number of amides is 2. The van der Waals surface area contributed by atoms with Crippen LogP contribution in [0.2, 0.25) is 0 Å². The van der Waals surface area contributed by atoms with Crippen LogP contribution >= 0.6 is 0 Å². The molecule has 1 aliphatic rings. The van der Waals surface area contributed by atoms with Gasteiger partial charge in [-0.2, -0.15) is 0 Å². The molecule has 0 aromatic heterocycles. The second kappa shape index (κ2) is 10.8. The quantitative estimate of drug-likeness (QED) is 0.576. The second-order valence-electron chi connectivity index (χ2n) is 8.80. The summed E-state index contributed by atoms with van der Waals surface area (Å²) < 4.78 is 26.0. The van der Waals surface area contributed by atoms with Crippen molar-refractivity contribution >= 4 is 27.5 Å². The van der Waals surface area contributed by atoms with Gasteiger partial charge in [0, 0.05) is 39.0 Å². The van der Waals surface area contributed by atoms with E-state index in [1.54, 1.807) is 0 Å². The Balaban J connectivity index is 1.47. The van der Waals surface area contributed by atoms with Crippen LogP contribution < -0.4 is 9.62 Å². The lowest BCUT2D eigenvalue weighted by Gasteiger charge is -2.23. The number of benzene rings is 2. The Morgan fingerprint density at radius 3 is 2.27 bits per heavy atom. The number of anilines is 1. The summed E-state index contributed by atoms with van der Waals surface area (Å²) in [5, 5.41) is 2.90. The number of aryl methyl sites for hydroxylation is 2. The lowest BCUT2D eigenvalue weighted by Crippen LogP contribution is -2.32. The summed E-state index contributed by atoms with van der Waals surface area (Å²) in [6.07, 6.45) is 3.42. The van der Waals surface area contributed by atoms with Crippen molar-refractivity contribution < 1.29 is 18.0 Å². The van der Waals surface area contributed by atoms with Crippen molar-refractivity contribution in [3.8, 4) is 0 Å². The Hall–Kier alpha value is -2.87. The summed E-state index contributed by atoms with van der Waals surface area (Å²) in [5.74, 6) is 0.0916. The van der Waals surface area contributed by atoms with Crippen LogP contribution in [0.25, 0.3) is 0 Å². The van der Waals surface area contributed by atoms with Gasteiger partial charge in [-0.15, -0.1) is 0 Å². The lowest BCUT2D eigenvalue weighted by molar-refractivity contribution is -0.128. The monoisotopic (exact) mass is 471 g/mol. The molecular formula is C25H33N3O4S. The number of rotatable bonds is 10. The van der Waals surface area contributed by atoms with Crippen LogP contribution in [-0.4, -0.2) is 44.5 Å². The average Bonchev–Trinajstić information content (AvgIpc) is 3.13. The molecule has 0 atom stereocenters. The number of likely N-dealkylation sites (tertiary alicyclic amines) is 1. The Labute approximate surface area is 196 Å². The smallest absolute Gasteiger partial charge is 0.232 e. The first kappa shape index (κ1) is 24.8. The van der Waals surface area contributed by atoms with Crippen molar-refractivity contribution in [3.63, 3.8) is 0 Å². The maximum absolute atomic E-state index is 12.3. The van der Waals surface area contributed by atoms with Gasteiger partial charge < -0.3 is 10.2 Å². The molecule has 1 saturated heterocycles. The molecule has 0 radical (unpaired) electrons. The molecule has 33 heavy (non-hydrogen) atoms. The highest BCUT2D eigenvalue weighted by Crippen LogP contribution is 2.22. The zero-order valence-electron chi connectivity index (χ0n) is 19.6. The topological polar surface area (TPSA) is 86.8 Å². The standard InChI is InChI=1S/C25H33N3O4S/c1-19-14-20(2)16-23(15-19)28(33(3,31)32)13-4-6-24(29)26-17-21-8-10-22(11-9-21)18-27-12-5-7-25(27)30/h8-11,14-16H,4-7,12-13,17-18H2,1-3H3,(H,26,29). The summed E-state index contributed by atoms with van der Waals surface area (Å²) >= 11 is 0. The van der Waals surface area contributed by atoms with Crippen LogP contribution in [0.15, 0.2) is 42.5 Å². The minimum Gasteiger partial charge on any atom is -0.352 e. The SMILES string of the molecule is Cc1cc(C)cc(N(CCCC(=O)NCc2ccc(CN3CCCC3=O)cc2)S(C)(=O)=O)c1. The number of nitrogens with one attached hydrogen (secondary N) is 1. The predicted octanol–water partition coefficient (Wildman–Crippen LogP) is 3.29. The van der Waals surface area contributed by atoms with Gasteiger partial charge >= 0.3 is 0 Å². The van der Waals surface area contributed by atoms with Crippen LogP contribution in [0.1, 0.15) is 47.9 Å². The summed E-state index contributed by atoms with van der Waals surface area (Å²) in [6.45, 7) is 5.97. The van der Waals surface area contributed by atoms with E-state index in [1.807, 2.05) is 61.2 Å². The molecule has 1 aliphatic heterocycles. The van der Waals surface area contributed by atoms with E-state index in [0.717, 1.165) is 35.2 Å². The molecule has 0 spiro atoms. The van der Waals surface area contributed by atoms with E-state index in [0.29, 0.717) is 31.6 Å². The van der Waals surface area contributed by atoms with Crippen molar-refractivity contribution in [1.29, 1.82) is 0 Å². The first-order valence-electron chi connectivity index (χ1n) is 11.3. The summed E-state index contributed by atoms with van der Waals surface area (Å²) in [6, 6.07) is 13.6. The van der Waals surface area contributed by atoms with Gasteiger partial charge in [-0.05, 0) is 61.1 Å². The lowest BCUT2D eigenvalue weighted by atomic mass is 10.1. The van der Waals surface area contributed by atoms with Crippen molar-refractivity contribution in [2.75, 3.05) is 23.7 Å². The molecule has 2 aromatic carbocycles. The fourth-order valence-electron chi connectivity index (χ4n) is 4.11. The number of hydrogen-bond donors (Lipinski definition) is 1. The number of carbonyl (C=O) groups excluding carboxylic acids is 2. The Morgan fingerprint density at radius 2 is 1.70 bits per heavy atom. The third-order valence-corrected chi connectivity index (χ3v) is 6.91. The van der Waals surface area contributed by atoms with Gasteiger partial charge in [0.1, 0.15) is 0 Å². The minimum absolute atomic E-state index is 0.115. The van der Waals surface area contributed by atoms with E-state index in [1.165, 1.54) is 10.6 Å². The van der Waals surface area contributed by atoms with Gasteiger partial charge in [0.05, 0.1) is 11.9 Å². The molecule has 0 unspecified atom stereocenters. The maximum Gasteiger partial charge on any atom is 0.232 e. The molecule has 1 N–H and O–H groups in total. The highest BCUT2D eigenvalue weighted by atomic mass is 32.2. The molecule has 7 nitrogen and oxygen atoms in total. The molecule has 0 aliphatic carbocycles. The van der Waals surface area contributed by atoms with Crippen molar-refractivity contribution in [2.45, 2.75) is 52.6 Å². The van der Waals surface area contributed by atoms with E-state index >= 15 is 0 Å². The first-order chi connectivity index (χ1) is 15.6. The zero-order chi connectivity index (χ0) is 24.0. The van der Waals surface area contributed by atoms with Gasteiger partial charge in [-0.3, -0.25) is 13.9 Å². The normalized spacial score (nSPS) is 13.9.